The Balaban J connectivity index is 3.11. The predicted octanol–water partition coefficient (Wildman–Crippen LogP) is 0.908. The molecule has 1 rings (SSSR count). The quantitative estimate of drug-likeness (QED) is 0.456. The van der Waals surface area contributed by atoms with Crippen molar-refractivity contribution in [2.75, 3.05) is 0 Å². The zero-order valence-electron chi connectivity index (χ0n) is 6.15. The predicted molar refractivity (Wildman–Crippen MR) is 41.5 cm³/mol. The molecule has 0 aromatic carbocycles. The first-order chi connectivity index (χ1) is 4.55. The molecule has 54 valence electrons. The van der Waals surface area contributed by atoms with E-state index in [4.69, 9.17) is 16.6 Å². The molecule has 10 heavy (non-hydrogen) atoms. The van der Waals surface area contributed by atoms with E-state index in [1.165, 1.54) is 0 Å². The summed E-state index contributed by atoms with van der Waals surface area (Å²) < 4.78 is 0. The summed E-state index contributed by atoms with van der Waals surface area (Å²) in [5.74, 6) is -0.0486. The fourth-order valence-electron chi connectivity index (χ4n) is 1.04. The van der Waals surface area contributed by atoms with Crippen molar-refractivity contribution < 1.29 is 0 Å². The van der Waals surface area contributed by atoms with E-state index in [-0.39, 0.29) is 5.92 Å². The van der Waals surface area contributed by atoms with Gasteiger partial charge in [-0.2, -0.15) is 0 Å². The minimum absolute atomic E-state index is 0.0486. The Morgan fingerprint density at radius 2 is 1.90 bits per heavy atom. The van der Waals surface area contributed by atoms with Crippen molar-refractivity contribution in [3.8, 4) is 0 Å². The molecule has 0 aliphatic heterocycles. The number of nitrogens with one attached hydrogen (secondary N) is 2. The van der Waals surface area contributed by atoms with E-state index in [9.17, 15) is 0 Å². The minimum Gasteiger partial charge on any atom is -0.401 e. The van der Waals surface area contributed by atoms with Crippen molar-refractivity contribution >= 4 is 11.4 Å². The maximum absolute atomic E-state index is 7.38. The van der Waals surface area contributed by atoms with Crippen LogP contribution < -0.4 is 5.73 Å². The highest BCUT2D eigenvalue weighted by molar-refractivity contribution is 6.49. The van der Waals surface area contributed by atoms with Crippen molar-refractivity contribution in [1.29, 1.82) is 10.8 Å². The molecule has 1 aliphatic rings. The average Bonchev–Trinajstić information content (AvgIpc) is 2.07. The van der Waals surface area contributed by atoms with Crippen LogP contribution in [0.2, 0.25) is 0 Å². The lowest BCUT2D eigenvalue weighted by atomic mass is 10.1. The first kappa shape index (κ1) is 6.99. The van der Waals surface area contributed by atoms with E-state index < -0.39 is 0 Å². The van der Waals surface area contributed by atoms with Gasteiger partial charge in [0.05, 0.1) is 11.4 Å². The Kier molecular flexibility index (Phi) is 1.35. The number of hydrogen-bond acceptors (Lipinski definition) is 3. The van der Waals surface area contributed by atoms with E-state index >= 15 is 0 Å². The van der Waals surface area contributed by atoms with Gasteiger partial charge in [0.1, 0.15) is 0 Å². The normalized spacial score (nSPS) is 26.4. The second-order valence-electron chi connectivity index (χ2n) is 2.59. The molecule has 4 N–H and O–H groups in total. The summed E-state index contributed by atoms with van der Waals surface area (Å²) in [4.78, 5) is 0. The average molecular weight is 137 g/mol. The van der Waals surface area contributed by atoms with Crippen LogP contribution in [0.3, 0.4) is 0 Å². The van der Waals surface area contributed by atoms with Crippen LogP contribution in [-0.4, -0.2) is 11.4 Å². The van der Waals surface area contributed by atoms with Gasteiger partial charge in [0, 0.05) is 11.6 Å². The number of nitrogens with two attached hydrogens (primary N) is 1. The lowest BCUT2D eigenvalue weighted by Crippen LogP contribution is -2.14. The Labute approximate surface area is 59.9 Å². The van der Waals surface area contributed by atoms with Crippen LogP contribution in [0.5, 0.6) is 0 Å². The summed E-state index contributed by atoms with van der Waals surface area (Å²) in [6, 6.07) is 0. The van der Waals surface area contributed by atoms with Gasteiger partial charge in [0.2, 0.25) is 0 Å². The fourth-order valence-corrected chi connectivity index (χ4v) is 1.04. The van der Waals surface area contributed by atoms with Gasteiger partial charge in [0.25, 0.3) is 0 Å². The summed E-state index contributed by atoms with van der Waals surface area (Å²) in [7, 11) is 0. The Bertz CT molecular complexity index is 237. The van der Waals surface area contributed by atoms with E-state index in [0.29, 0.717) is 17.1 Å². The smallest absolute Gasteiger partial charge is 0.0800 e. The highest BCUT2D eigenvalue weighted by Crippen LogP contribution is 2.21. The molecular weight excluding hydrogens is 126 g/mol. The van der Waals surface area contributed by atoms with Crippen molar-refractivity contribution in [3.05, 3.63) is 11.3 Å². The lowest BCUT2D eigenvalue weighted by Gasteiger charge is -2.01. The Morgan fingerprint density at radius 1 is 1.40 bits per heavy atom. The third kappa shape index (κ3) is 0.667. The van der Waals surface area contributed by atoms with Crippen LogP contribution in [0.4, 0.5) is 0 Å². The van der Waals surface area contributed by atoms with Crippen LogP contribution in [-0.2, 0) is 0 Å². The lowest BCUT2D eigenvalue weighted by molar-refractivity contribution is 0.905. The maximum Gasteiger partial charge on any atom is 0.0800 e. The summed E-state index contributed by atoms with van der Waals surface area (Å²) in [5, 5.41) is 14.7. The van der Waals surface area contributed by atoms with Crippen molar-refractivity contribution in [3.63, 3.8) is 0 Å². The van der Waals surface area contributed by atoms with Gasteiger partial charge in [-0.25, -0.2) is 0 Å². The van der Waals surface area contributed by atoms with E-state index in [2.05, 4.69) is 0 Å². The molecular formula is C7H11N3. The summed E-state index contributed by atoms with van der Waals surface area (Å²) >= 11 is 0. The third-order valence-electron chi connectivity index (χ3n) is 1.98. The van der Waals surface area contributed by atoms with Crippen LogP contribution in [0, 0.1) is 16.7 Å². The molecule has 0 heterocycles. The standard InChI is InChI=1S/C7H11N3/c1-3-5(8)4(2)7(10)6(3)9/h3,9-10H,8H2,1-2H3/t3-/m0/s1. The zero-order valence-corrected chi connectivity index (χ0v) is 6.15. The maximum atomic E-state index is 7.38. The van der Waals surface area contributed by atoms with E-state index in [1.54, 1.807) is 6.92 Å². The van der Waals surface area contributed by atoms with Gasteiger partial charge in [-0.3, -0.25) is 5.41 Å². The van der Waals surface area contributed by atoms with Gasteiger partial charge in [-0.1, -0.05) is 6.92 Å². The molecule has 0 fully saturated rings. The summed E-state index contributed by atoms with van der Waals surface area (Å²) in [6.07, 6.45) is 0. The molecule has 0 aromatic heterocycles. The second-order valence-corrected chi connectivity index (χ2v) is 2.59. The zero-order chi connectivity index (χ0) is 7.89. The van der Waals surface area contributed by atoms with Gasteiger partial charge >= 0.3 is 0 Å². The molecule has 0 saturated heterocycles. The molecule has 1 aliphatic carbocycles. The van der Waals surface area contributed by atoms with Gasteiger partial charge in [-0.05, 0) is 12.5 Å². The van der Waals surface area contributed by atoms with Crippen molar-refractivity contribution in [1.82, 2.24) is 0 Å². The van der Waals surface area contributed by atoms with Gasteiger partial charge in [0.15, 0.2) is 0 Å². The van der Waals surface area contributed by atoms with Crippen molar-refractivity contribution in [2.45, 2.75) is 13.8 Å². The topological polar surface area (TPSA) is 73.7 Å². The Hall–Kier alpha value is -1.12. The largest absolute Gasteiger partial charge is 0.401 e. The van der Waals surface area contributed by atoms with Crippen LogP contribution in [0.1, 0.15) is 13.8 Å². The fraction of sp³-hybridized carbons (Fsp3) is 0.429. The van der Waals surface area contributed by atoms with Crippen molar-refractivity contribution in [2.24, 2.45) is 11.7 Å². The number of hydrogen-bond donors (Lipinski definition) is 3. The molecule has 0 aromatic rings. The minimum atomic E-state index is -0.0486. The molecule has 0 radical (unpaired) electrons. The first-order valence-electron chi connectivity index (χ1n) is 3.19. The Morgan fingerprint density at radius 3 is 2.00 bits per heavy atom. The van der Waals surface area contributed by atoms with E-state index in [1.807, 2.05) is 6.92 Å². The molecule has 0 spiro atoms. The monoisotopic (exact) mass is 137 g/mol. The highest BCUT2D eigenvalue weighted by atomic mass is 14.7. The van der Waals surface area contributed by atoms with Crippen LogP contribution >= 0.6 is 0 Å². The van der Waals surface area contributed by atoms with Crippen LogP contribution in [0.15, 0.2) is 11.3 Å². The van der Waals surface area contributed by atoms with Crippen LogP contribution in [0.25, 0.3) is 0 Å². The first-order valence-corrected chi connectivity index (χ1v) is 3.19. The molecule has 3 nitrogen and oxygen atoms in total. The SMILES string of the molecule is CC1=C(N)[C@H](C)C(=N)C1=N. The highest BCUT2D eigenvalue weighted by Gasteiger charge is 2.26. The number of allylic oxidation sites excluding steroid dienone is 2. The molecule has 0 amide bonds. The molecule has 3 heteroatoms. The molecule has 0 bridgehead atoms. The molecule has 0 unspecified atom stereocenters. The summed E-state index contributed by atoms with van der Waals surface area (Å²) in [5.41, 5.74) is 7.68. The molecule has 1 atom stereocenters. The second kappa shape index (κ2) is 1.94. The van der Waals surface area contributed by atoms with Gasteiger partial charge < -0.3 is 11.1 Å². The molecule has 0 saturated carbocycles. The van der Waals surface area contributed by atoms with E-state index in [0.717, 1.165) is 5.57 Å². The number of rotatable bonds is 0. The summed E-state index contributed by atoms with van der Waals surface area (Å²) in [6.45, 7) is 3.64. The third-order valence-corrected chi connectivity index (χ3v) is 1.98. The van der Waals surface area contributed by atoms with Gasteiger partial charge in [-0.15, -0.1) is 0 Å².